The first-order valence-electron chi connectivity index (χ1n) is 5.77. The first-order chi connectivity index (χ1) is 8.58. The highest BCUT2D eigenvalue weighted by molar-refractivity contribution is 5.54. The van der Waals surface area contributed by atoms with Crippen molar-refractivity contribution in [1.82, 2.24) is 0 Å². The van der Waals surface area contributed by atoms with Crippen molar-refractivity contribution in [2.24, 2.45) is 0 Å². The molecule has 0 saturated carbocycles. The van der Waals surface area contributed by atoms with Crippen LogP contribution in [0.15, 0.2) is 41.2 Å². The summed E-state index contributed by atoms with van der Waals surface area (Å²) in [6.07, 6.45) is 2.58. The lowest BCUT2D eigenvalue weighted by Gasteiger charge is -2.23. The lowest BCUT2D eigenvalue weighted by molar-refractivity contribution is 0.199. The molecular weight excluding hydrogens is 233 g/mol. The molecule has 4 heteroatoms. The molecule has 3 nitrogen and oxygen atoms in total. The molecule has 2 aromatic rings. The third kappa shape index (κ3) is 2.71. The predicted molar refractivity (Wildman–Crippen MR) is 67.8 cm³/mol. The van der Waals surface area contributed by atoms with Gasteiger partial charge in [0.25, 0.3) is 0 Å². The van der Waals surface area contributed by atoms with Crippen LogP contribution in [-0.4, -0.2) is 12.2 Å². The van der Waals surface area contributed by atoms with Crippen LogP contribution in [0, 0.1) is 5.82 Å². The van der Waals surface area contributed by atoms with Crippen LogP contribution >= 0.6 is 0 Å². The number of nitrogens with zero attached hydrogens (tertiary/aromatic N) is 1. The molecule has 0 unspecified atom stereocenters. The van der Waals surface area contributed by atoms with Crippen molar-refractivity contribution in [3.8, 4) is 0 Å². The third-order valence-electron chi connectivity index (χ3n) is 2.85. The summed E-state index contributed by atoms with van der Waals surface area (Å²) in [6.45, 7) is 2.27. The molecule has 1 heterocycles. The van der Waals surface area contributed by atoms with Gasteiger partial charge in [-0.3, -0.25) is 0 Å². The molecule has 0 aliphatic carbocycles. The zero-order valence-corrected chi connectivity index (χ0v) is 10.4. The number of anilines is 1. The lowest BCUT2D eigenvalue weighted by atomic mass is 10.1. The van der Waals surface area contributed by atoms with E-state index in [-0.39, 0.29) is 5.82 Å². The molecule has 0 amide bonds. The monoisotopic (exact) mass is 249 g/mol. The maximum absolute atomic E-state index is 13.2. The second-order valence-electron chi connectivity index (χ2n) is 4.37. The maximum Gasteiger partial charge on any atom is 0.123 e. The van der Waals surface area contributed by atoms with E-state index in [2.05, 4.69) is 0 Å². The molecule has 96 valence electrons. The number of hydrogen-bond donors (Lipinski definition) is 1. The second kappa shape index (κ2) is 5.23. The summed E-state index contributed by atoms with van der Waals surface area (Å²) >= 11 is 0. The van der Waals surface area contributed by atoms with Crippen molar-refractivity contribution in [2.45, 2.75) is 19.6 Å². The van der Waals surface area contributed by atoms with Crippen LogP contribution in [-0.2, 0) is 6.54 Å². The first-order valence-corrected chi connectivity index (χ1v) is 5.77. The van der Waals surface area contributed by atoms with Crippen LogP contribution in [0.2, 0.25) is 0 Å². The van der Waals surface area contributed by atoms with Gasteiger partial charge in [-0.2, -0.15) is 0 Å². The average molecular weight is 249 g/mol. The minimum atomic E-state index is -0.706. The molecule has 0 radical (unpaired) electrons. The SMILES string of the molecule is C[C@@H](O)c1cc(F)ccc1N(C)Cc1ccoc1. The summed E-state index contributed by atoms with van der Waals surface area (Å²) in [5.74, 6) is -0.341. The van der Waals surface area contributed by atoms with Crippen LogP contribution in [0.4, 0.5) is 10.1 Å². The van der Waals surface area contributed by atoms with Crippen molar-refractivity contribution in [2.75, 3.05) is 11.9 Å². The Morgan fingerprint density at radius 3 is 2.78 bits per heavy atom. The van der Waals surface area contributed by atoms with Gasteiger partial charge in [0, 0.05) is 30.4 Å². The van der Waals surface area contributed by atoms with E-state index in [1.807, 2.05) is 18.0 Å². The topological polar surface area (TPSA) is 36.6 Å². The van der Waals surface area contributed by atoms with Crippen molar-refractivity contribution in [1.29, 1.82) is 0 Å². The summed E-state index contributed by atoms with van der Waals surface area (Å²) in [7, 11) is 1.89. The summed E-state index contributed by atoms with van der Waals surface area (Å²) in [5, 5.41) is 9.69. The molecule has 2 rings (SSSR count). The van der Waals surface area contributed by atoms with Crippen LogP contribution in [0.3, 0.4) is 0 Å². The van der Waals surface area contributed by atoms with Gasteiger partial charge in [-0.05, 0) is 31.2 Å². The molecule has 0 fully saturated rings. The Labute approximate surface area is 105 Å². The first kappa shape index (κ1) is 12.6. The number of aliphatic hydroxyl groups is 1. The fraction of sp³-hybridized carbons (Fsp3) is 0.286. The molecule has 18 heavy (non-hydrogen) atoms. The Hall–Kier alpha value is -1.81. The molecule has 1 N–H and O–H groups in total. The van der Waals surface area contributed by atoms with E-state index in [4.69, 9.17) is 4.42 Å². The van der Waals surface area contributed by atoms with Crippen LogP contribution in [0.5, 0.6) is 0 Å². The minimum absolute atomic E-state index is 0.341. The molecule has 1 aromatic heterocycles. The van der Waals surface area contributed by atoms with Gasteiger partial charge in [0.2, 0.25) is 0 Å². The van der Waals surface area contributed by atoms with Gasteiger partial charge in [-0.25, -0.2) is 4.39 Å². The van der Waals surface area contributed by atoms with Gasteiger partial charge in [0.15, 0.2) is 0 Å². The van der Waals surface area contributed by atoms with E-state index in [9.17, 15) is 9.50 Å². The maximum atomic E-state index is 13.2. The van der Waals surface area contributed by atoms with Crippen molar-refractivity contribution in [3.05, 3.63) is 53.7 Å². The van der Waals surface area contributed by atoms with Crippen molar-refractivity contribution < 1.29 is 13.9 Å². The largest absolute Gasteiger partial charge is 0.472 e. The van der Waals surface area contributed by atoms with E-state index in [0.29, 0.717) is 12.1 Å². The van der Waals surface area contributed by atoms with E-state index < -0.39 is 6.10 Å². The van der Waals surface area contributed by atoms with E-state index in [0.717, 1.165) is 11.3 Å². The number of benzene rings is 1. The molecule has 0 bridgehead atoms. The minimum Gasteiger partial charge on any atom is -0.472 e. The summed E-state index contributed by atoms with van der Waals surface area (Å²) in [6, 6.07) is 6.32. The quantitative estimate of drug-likeness (QED) is 0.904. The normalized spacial score (nSPS) is 12.4. The number of aliphatic hydroxyl groups excluding tert-OH is 1. The van der Waals surface area contributed by atoms with Gasteiger partial charge in [-0.15, -0.1) is 0 Å². The molecule has 0 spiro atoms. The summed E-state index contributed by atoms with van der Waals surface area (Å²) in [4.78, 5) is 1.95. The summed E-state index contributed by atoms with van der Waals surface area (Å²) < 4.78 is 18.2. The third-order valence-corrected chi connectivity index (χ3v) is 2.85. The Kier molecular flexibility index (Phi) is 3.67. The Morgan fingerprint density at radius 2 is 2.17 bits per heavy atom. The second-order valence-corrected chi connectivity index (χ2v) is 4.37. The van der Waals surface area contributed by atoms with Gasteiger partial charge < -0.3 is 14.4 Å². The molecule has 0 aliphatic heterocycles. The highest BCUT2D eigenvalue weighted by Gasteiger charge is 2.13. The Balaban J connectivity index is 2.26. The average Bonchev–Trinajstić information content (AvgIpc) is 2.81. The van der Waals surface area contributed by atoms with Gasteiger partial charge in [0.05, 0.1) is 18.6 Å². The van der Waals surface area contributed by atoms with E-state index >= 15 is 0 Å². The number of rotatable bonds is 4. The van der Waals surface area contributed by atoms with Crippen molar-refractivity contribution in [3.63, 3.8) is 0 Å². The Bertz CT molecular complexity index is 509. The Morgan fingerprint density at radius 1 is 1.39 bits per heavy atom. The zero-order chi connectivity index (χ0) is 13.1. The number of hydrogen-bond acceptors (Lipinski definition) is 3. The molecule has 1 atom stereocenters. The fourth-order valence-electron chi connectivity index (χ4n) is 1.95. The molecule has 1 aromatic carbocycles. The molecule has 0 saturated heterocycles. The number of halogens is 1. The smallest absolute Gasteiger partial charge is 0.123 e. The highest BCUT2D eigenvalue weighted by atomic mass is 19.1. The van der Waals surface area contributed by atoms with E-state index in [1.165, 1.54) is 12.1 Å². The molecular formula is C14H16FNO2. The zero-order valence-electron chi connectivity index (χ0n) is 10.4. The predicted octanol–water partition coefficient (Wildman–Crippen LogP) is 3.11. The fourth-order valence-corrected chi connectivity index (χ4v) is 1.95. The lowest BCUT2D eigenvalue weighted by Crippen LogP contribution is -2.18. The van der Waals surface area contributed by atoms with Gasteiger partial charge in [-0.1, -0.05) is 0 Å². The summed E-state index contributed by atoms with van der Waals surface area (Å²) in [5.41, 5.74) is 2.42. The number of furan rings is 1. The van der Waals surface area contributed by atoms with Crippen LogP contribution < -0.4 is 4.90 Å². The standard InChI is InChI=1S/C14H16FNO2/c1-10(17)13-7-12(15)3-4-14(13)16(2)8-11-5-6-18-9-11/h3-7,9-10,17H,8H2,1-2H3/t10-/m1/s1. The van der Waals surface area contributed by atoms with Crippen molar-refractivity contribution >= 4 is 5.69 Å². The van der Waals surface area contributed by atoms with Crippen LogP contribution in [0.1, 0.15) is 24.2 Å². The highest BCUT2D eigenvalue weighted by Crippen LogP contribution is 2.27. The molecule has 0 aliphatic rings. The van der Waals surface area contributed by atoms with E-state index in [1.54, 1.807) is 25.5 Å². The van der Waals surface area contributed by atoms with Crippen LogP contribution in [0.25, 0.3) is 0 Å². The van der Waals surface area contributed by atoms with Gasteiger partial charge >= 0.3 is 0 Å². The van der Waals surface area contributed by atoms with Gasteiger partial charge in [0.1, 0.15) is 5.82 Å².